The van der Waals surface area contributed by atoms with E-state index in [1.807, 2.05) is 50.8 Å². The molecule has 0 saturated heterocycles. The van der Waals surface area contributed by atoms with Crippen LogP contribution in [0.1, 0.15) is 58.7 Å². The number of hydrogen-bond donors (Lipinski definition) is 1. The summed E-state index contributed by atoms with van der Waals surface area (Å²) in [5.41, 5.74) is 3.50. The maximum absolute atomic E-state index is 12.7. The van der Waals surface area contributed by atoms with Gasteiger partial charge < -0.3 is 10.2 Å². The van der Waals surface area contributed by atoms with Crippen molar-refractivity contribution in [3.8, 4) is 0 Å². The van der Waals surface area contributed by atoms with Crippen molar-refractivity contribution >= 4 is 17.5 Å². The molecule has 2 amide bonds. The Labute approximate surface area is 155 Å². The quantitative estimate of drug-likeness (QED) is 0.811. The zero-order valence-corrected chi connectivity index (χ0v) is 16.0. The Morgan fingerprint density at radius 3 is 2.23 bits per heavy atom. The molecule has 1 heterocycles. The minimum Gasteiger partial charge on any atom is -0.339 e. The molecule has 0 saturated carbocycles. The SMILES string of the molecule is CCCN(CCC)C(=O)c1ccnc(C(=O)Nc2c(C)cccc2C)c1. The number of benzene rings is 1. The van der Waals surface area contributed by atoms with Crippen LogP contribution < -0.4 is 5.32 Å². The number of carbonyl (C=O) groups is 2. The van der Waals surface area contributed by atoms with Gasteiger partial charge in [0.15, 0.2) is 0 Å². The molecule has 0 radical (unpaired) electrons. The molecule has 138 valence electrons. The number of aromatic nitrogens is 1. The van der Waals surface area contributed by atoms with Crippen LogP contribution in [0.5, 0.6) is 0 Å². The van der Waals surface area contributed by atoms with Crippen LogP contribution in [-0.4, -0.2) is 34.8 Å². The van der Waals surface area contributed by atoms with E-state index in [4.69, 9.17) is 0 Å². The number of pyridine rings is 1. The van der Waals surface area contributed by atoms with Gasteiger partial charge in [-0.1, -0.05) is 32.0 Å². The number of anilines is 1. The molecule has 0 aliphatic carbocycles. The molecule has 26 heavy (non-hydrogen) atoms. The lowest BCUT2D eigenvalue weighted by molar-refractivity contribution is 0.0755. The van der Waals surface area contributed by atoms with Crippen molar-refractivity contribution in [1.82, 2.24) is 9.88 Å². The summed E-state index contributed by atoms with van der Waals surface area (Å²) in [5.74, 6) is -0.369. The second-order valence-corrected chi connectivity index (χ2v) is 6.44. The fraction of sp³-hybridized carbons (Fsp3) is 0.381. The number of rotatable bonds is 7. The lowest BCUT2D eigenvalue weighted by Crippen LogP contribution is -2.32. The Bertz CT molecular complexity index is 760. The molecule has 0 aliphatic rings. The highest BCUT2D eigenvalue weighted by Crippen LogP contribution is 2.20. The molecule has 1 N–H and O–H groups in total. The third kappa shape index (κ3) is 4.69. The molecule has 2 aromatic rings. The number of carbonyl (C=O) groups excluding carboxylic acids is 2. The van der Waals surface area contributed by atoms with E-state index >= 15 is 0 Å². The number of hydrogen-bond acceptors (Lipinski definition) is 3. The first kappa shape index (κ1) is 19.6. The molecular weight excluding hydrogens is 326 g/mol. The number of nitrogens with zero attached hydrogens (tertiary/aromatic N) is 2. The van der Waals surface area contributed by atoms with Gasteiger partial charge in [-0.2, -0.15) is 0 Å². The predicted octanol–water partition coefficient (Wildman–Crippen LogP) is 4.21. The zero-order chi connectivity index (χ0) is 19.1. The van der Waals surface area contributed by atoms with Crippen molar-refractivity contribution in [1.29, 1.82) is 0 Å². The molecule has 0 bridgehead atoms. The van der Waals surface area contributed by atoms with Gasteiger partial charge in [0, 0.05) is 30.5 Å². The molecule has 0 spiro atoms. The number of amides is 2. The van der Waals surface area contributed by atoms with Gasteiger partial charge in [0.25, 0.3) is 11.8 Å². The van der Waals surface area contributed by atoms with Crippen molar-refractivity contribution in [2.45, 2.75) is 40.5 Å². The smallest absolute Gasteiger partial charge is 0.274 e. The number of para-hydroxylation sites is 1. The van der Waals surface area contributed by atoms with Crippen molar-refractivity contribution in [3.05, 3.63) is 58.9 Å². The summed E-state index contributed by atoms with van der Waals surface area (Å²) in [6.07, 6.45) is 3.32. The van der Waals surface area contributed by atoms with Crippen LogP contribution in [0.25, 0.3) is 0 Å². The standard InChI is InChI=1S/C21H27N3O2/c1-5-12-24(13-6-2)21(26)17-10-11-22-18(14-17)20(25)23-19-15(3)8-7-9-16(19)4/h7-11,14H,5-6,12-13H2,1-4H3,(H,23,25). The average Bonchev–Trinajstić information content (AvgIpc) is 2.64. The fourth-order valence-electron chi connectivity index (χ4n) is 2.91. The fourth-order valence-corrected chi connectivity index (χ4v) is 2.91. The summed E-state index contributed by atoms with van der Waals surface area (Å²) >= 11 is 0. The topological polar surface area (TPSA) is 62.3 Å². The normalized spacial score (nSPS) is 10.5. The summed E-state index contributed by atoms with van der Waals surface area (Å²) < 4.78 is 0. The molecule has 1 aromatic heterocycles. The highest BCUT2D eigenvalue weighted by molar-refractivity contribution is 6.05. The first-order valence-corrected chi connectivity index (χ1v) is 9.10. The molecule has 0 atom stereocenters. The molecule has 1 aromatic carbocycles. The van der Waals surface area contributed by atoms with E-state index in [-0.39, 0.29) is 17.5 Å². The lowest BCUT2D eigenvalue weighted by Gasteiger charge is -2.21. The van der Waals surface area contributed by atoms with Gasteiger partial charge in [-0.15, -0.1) is 0 Å². The van der Waals surface area contributed by atoms with Gasteiger partial charge >= 0.3 is 0 Å². The van der Waals surface area contributed by atoms with Gasteiger partial charge in [0.05, 0.1) is 0 Å². The first-order chi connectivity index (χ1) is 12.5. The third-order valence-corrected chi connectivity index (χ3v) is 4.23. The molecule has 0 unspecified atom stereocenters. The first-order valence-electron chi connectivity index (χ1n) is 9.10. The lowest BCUT2D eigenvalue weighted by atomic mass is 10.1. The van der Waals surface area contributed by atoms with Crippen LogP contribution in [0.3, 0.4) is 0 Å². The summed E-state index contributed by atoms with van der Waals surface area (Å²) in [5, 5.41) is 2.91. The van der Waals surface area contributed by atoms with Crippen molar-refractivity contribution in [2.75, 3.05) is 18.4 Å². The van der Waals surface area contributed by atoms with E-state index in [2.05, 4.69) is 10.3 Å². The van der Waals surface area contributed by atoms with Gasteiger partial charge in [0.2, 0.25) is 0 Å². The van der Waals surface area contributed by atoms with Crippen molar-refractivity contribution in [3.63, 3.8) is 0 Å². The molecule has 2 rings (SSSR count). The Kier molecular flexibility index (Phi) is 6.89. The largest absolute Gasteiger partial charge is 0.339 e. The van der Waals surface area contributed by atoms with Crippen LogP contribution in [-0.2, 0) is 0 Å². The summed E-state index contributed by atoms with van der Waals surface area (Å²) in [4.78, 5) is 31.3. The maximum atomic E-state index is 12.7. The Hall–Kier alpha value is -2.69. The predicted molar refractivity (Wildman–Crippen MR) is 105 cm³/mol. The van der Waals surface area contributed by atoms with E-state index in [9.17, 15) is 9.59 Å². The van der Waals surface area contributed by atoms with Gasteiger partial charge in [-0.3, -0.25) is 14.6 Å². The van der Waals surface area contributed by atoms with E-state index in [1.165, 1.54) is 6.20 Å². The molecular formula is C21H27N3O2. The summed E-state index contributed by atoms with van der Waals surface area (Å²) in [6.45, 7) is 9.41. The van der Waals surface area contributed by atoms with Gasteiger partial charge in [-0.05, 0) is 49.9 Å². The zero-order valence-electron chi connectivity index (χ0n) is 16.0. The summed E-state index contributed by atoms with van der Waals surface area (Å²) in [6, 6.07) is 9.08. The Morgan fingerprint density at radius 1 is 1.04 bits per heavy atom. The highest BCUT2D eigenvalue weighted by Gasteiger charge is 2.17. The van der Waals surface area contributed by atoms with Crippen LogP contribution in [0.15, 0.2) is 36.5 Å². The van der Waals surface area contributed by atoms with E-state index in [1.54, 1.807) is 12.1 Å². The highest BCUT2D eigenvalue weighted by atomic mass is 16.2. The van der Waals surface area contributed by atoms with Crippen LogP contribution >= 0.6 is 0 Å². The molecule has 0 aliphatic heterocycles. The molecule has 5 nitrogen and oxygen atoms in total. The monoisotopic (exact) mass is 353 g/mol. The third-order valence-electron chi connectivity index (χ3n) is 4.23. The second-order valence-electron chi connectivity index (χ2n) is 6.44. The Balaban J connectivity index is 2.22. The van der Waals surface area contributed by atoms with Gasteiger partial charge in [0.1, 0.15) is 5.69 Å². The van der Waals surface area contributed by atoms with Crippen LogP contribution in [0.2, 0.25) is 0 Å². The van der Waals surface area contributed by atoms with E-state index < -0.39 is 0 Å². The Morgan fingerprint density at radius 2 is 1.65 bits per heavy atom. The van der Waals surface area contributed by atoms with Gasteiger partial charge in [-0.25, -0.2) is 0 Å². The van der Waals surface area contributed by atoms with Crippen LogP contribution in [0, 0.1) is 13.8 Å². The van der Waals surface area contributed by atoms with E-state index in [0.29, 0.717) is 18.7 Å². The maximum Gasteiger partial charge on any atom is 0.274 e. The number of aryl methyl sites for hydroxylation is 2. The van der Waals surface area contributed by atoms with E-state index in [0.717, 1.165) is 29.7 Å². The van der Waals surface area contributed by atoms with Crippen molar-refractivity contribution < 1.29 is 9.59 Å². The second kappa shape index (κ2) is 9.13. The minimum absolute atomic E-state index is 0.0581. The van der Waals surface area contributed by atoms with Crippen LogP contribution in [0.4, 0.5) is 5.69 Å². The molecule has 0 fully saturated rings. The van der Waals surface area contributed by atoms with Crippen molar-refractivity contribution in [2.24, 2.45) is 0 Å². The minimum atomic E-state index is -0.311. The average molecular weight is 353 g/mol. The summed E-state index contributed by atoms with van der Waals surface area (Å²) in [7, 11) is 0. The number of nitrogens with one attached hydrogen (secondary N) is 1. The molecule has 5 heteroatoms.